The lowest BCUT2D eigenvalue weighted by atomic mass is 10.2. The summed E-state index contributed by atoms with van der Waals surface area (Å²) >= 11 is 3.41. The Bertz CT molecular complexity index is 899. The number of benzene rings is 2. The average Bonchev–Trinajstić information content (AvgIpc) is 2.47. The molecule has 0 bridgehead atoms. The minimum atomic E-state index is -0.163. The molecule has 2 aromatic carbocycles. The van der Waals surface area contributed by atoms with E-state index < -0.39 is 0 Å². The normalized spacial score (nSPS) is 11.3. The van der Waals surface area contributed by atoms with Crippen LogP contribution < -0.4 is 5.56 Å². The lowest BCUT2D eigenvalue weighted by molar-refractivity contribution is 0.771. The zero-order valence-corrected chi connectivity index (χ0v) is 12.9. The highest BCUT2D eigenvalue weighted by atomic mass is 79.9. The minimum absolute atomic E-state index is 0.163. The fraction of sp³-hybridized carbons (Fsp3) is 0.0625. The molecule has 0 unspecified atom stereocenters. The Morgan fingerprint density at radius 2 is 2.00 bits per heavy atom. The molecule has 4 nitrogen and oxygen atoms in total. The SMILES string of the molecule is Cc1nc2ccccc2c(=O)n1/N=C\c1cccc(Br)c1. The van der Waals surface area contributed by atoms with Crippen molar-refractivity contribution in [2.75, 3.05) is 0 Å². The van der Waals surface area contributed by atoms with E-state index >= 15 is 0 Å². The zero-order valence-electron chi connectivity index (χ0n) is 11.3. The van der Waals surface area contributed by atoms with Crippen LogP contribution in [0.25, 0.3) is 10.9 Å². The number of rotatable bonds is 2. The van der Waals surface area contributed by atoms with E-state index in [4.69, 9.17) is 0 Å². The van der Waals surface area contributed by atoms with Gasteiger partial charge in [-0.05, 0) is 36.8 Å². The third kappa shape index (κ3) is 2.78. The van der Waals surface area contributed by atoms with Gasteiger partial charge >= 0.3 is 0 Å². The van der Waals surface area contributed by atoms with Gasteiger partial charge in [0.05, 0.1) is 17.1 Å². The summed E-state index contributed by atoms with van der Waals surface area (Å²) in [6, 6.07) is 15.0. The second-order valence-corrected chi connectivity index (χ2v) is 5.51. The topological polar surface area (TPSA) is 47.2 Å². The van der Waals surface area contributed by atoms with Crippen LogP contribution in [0.2, 0.25) is 0 Å². The van der Waals surface area contributed by atoms with Crippen LogP contribution >= 0.6 is 15.9 Å². The van der Waals surface area contributed by atoms with Crippen LogP contribution in [-0.4, -0.2) is 15.9 Å². The largest absolute Gasteiger partial charge is 0.282 e. The van der Waals surface area contributed by atoms with Crippen molar-refractivity contribution in [2.24, 2.45) is 5.10 Å². The van der Waals surface area contributed by atoms with Crippen molar-refractivity contribution in [3.8, 4) is 0 Å². The lowest BCUT2D eigenvalue weighted by Crippen LogP contribution is -2.20. The Hall–Kier alpha value is -2.27. The molecule has 0 aliphatic rings. The highest BCUT2D eigenvalue weighted by Gasteiger charge is 2.06. The van der Waals surface area contributed by atoms with Crippen molar-refractivity contribution in [2.45, 2.75) is 6.92 Å². The summed E-state index contributed by atoms with van der Waals surface area (Å²) < 4.78 is 2.29. The molecule has 0 spiro atoms. The number of fused-ring (bicyclic) bond motifs is 1. The monoisotopic (exact) mass is 341 g/mol. The Morgan fingerprint density at radius 1 is 1.19 bits per heavy atom. The number of hydrogen-bond acceptors (Lipinski definition) is 3. The Kier molecular flexibility index (Phi) is 3.66. The van der Waals surface area contributed by atoms with Crippen molar-refractivity contribution < 1.29 is 0 Å². The minimum Gasteiger partial charge on any atom is -0.267 e. The third-order valence-electron chi connectivity index (χ3n) is 3.09. The molecule has 0 aliphatic heterocycles. The first-order valence-corrected chi connectivity index (χ1v) is 7.23. The Balaban J connectivity index is 2.11. The second-order valence-electron chi connectivity index (χ2n) is 4.59. The molecule has 0 N–H and O–H groups in total. The predicted molar refractivity (Wildman–Crippen MR) is 87.9 cm³/mol. The zero-order chi connectivity index (χ0) is 14.8. The van der Waals surface area contributed by atoms with E-state index in [1.165, 1.54) is 4.68 Å². The molecule has 3 aromatic rings. The summed E-state index contributed by atoms with van der Waals surface area (Å²) in [5.41, 5.74) is 1.43. The van der Waals surface area contributed by atoms with Gasteiger partial charge in [-0.2, -0.15) is 9.78 Å². The summed E-state index contributed by atoms with van der Waals surface area (Å²) in [5.74, 6) is 0.560. The van der Waals surface area contributed by atoms with E-state index in [9.17, 15) is 4.79 Å². The molecule has 5 heteroatoms. The van der Waals surface area contributed by atoms with Crippen molar-refractivity contribution >= 4 is 33.0 Å². The second kappa shape index (κ2) is 5.61. The van der Waals surface area contributed by atoms with Crippen LogP contribution in [-0.2, 0) is 0 Å². The smallest absolute Gasteiger partial charge is 0.267 e. The van der Waals surface area contributed by atoms with Gasteiger partial charge in [-0.3, -0.25) is 4.79 Å². The van der Waals surface area contributed by atoms with E-state index in [2.05, 4.69) is 26.0 Å². The van der Waals surface area contributed by atoms with Crippen molar-refractivity contribution in [3.63, 3.8) is 0 Å². The molecule has 0 atom stereocenters. The molecular formula is C16H12BrN3O. The van der Waals surface area contributed by atoms with Crippen LogP contribution in [0.1, 0.15) is 11.4 Å². The average molecular weight is 342 g/mol. The maximum absolute atomic E-state index is 12.4. The first kappa shape index (κ1) is 13.7. The van der Waals surface area contributed by atoms with Gasteiger partial charge in [0.2, 0.25) is 0 Å². The molecule has 1 aromatic heterocycles. The van der Waals surface area contributed by atoms with E-state index in [-0.39, 0.29) is 5.56 Å². The molecule has 0 radical (unpaired) electrons. The van der Waals surface area contributed by atoms with Gasteiger partial charge in [0.15, 0.2) is 0 Å². The molecular weight excluding hydrogens is 330 g/mol. The van der Waals surface area contributed by atoms with Crippen LogP contribution in [0.4, 0.5) is 0 Å². The van der Waals surface area contributed by atoms with E-state index in [0.717, 1.165) is 10.0 Å². The van der Waals surface area contributed by atoms with Gasteiger partial charge in [-0.15, -0.1) is 0 Å². The molecule has 0 amide bonds. The van der Waals surface area contributed by atoms with E-state index in [1.54, 1.807) is 19.2 Å². The molecule has 0 aliphatic carbocycles. The van der Waals surface area contributed by atoms with Gasteiger partial charge < -0.3 is 0 Å². The Labute approximate surface area is 129 Å². The number of para-hydroxylation sites is 1. The molecule has 0 saturated carbocycles. The van der Waals surface area contributed by atoms with Crippen molar-refractivity contribution in [1.29, 1.82) is 0 Å². The molecule has 0 fully saturated rings. The third-order valence-corrected chi connectivity index (χ3v) is 3.58. The molecule has 0 saturated heterocycles. The quantitative estimate of drug-likeness (QED) is 0.671. The summed E-state index contributed by atoms with van der Waals surface area (Å²) in [4.78, 5) is 16.8. The van der Waals surface area contributed by atoms with Gasteiger partial charge in [0.1, 0.15) is 5.82 Å². The van der Waals surface area contributed by atoms with E-state index in [1.807, 2.05) is 42.5 Å². The van der Waals surface area contributed by atoms with Gasteiger partial charge in [0, 0.05) is 4.47 Å². The summed E-state index contributed by atoms with van der Waals surface area (Å²) in [6.07, 6.45) is 1.65. The number of hydrogen-bond donors (Lipinski definition) is 0. The fourth-order valence-corrected chi connectivity index (χ4v) is 2.50. The molecule has 21 heavy (non-hydrogen) atoms. The summed E-state index contributed by atoms with van der Waals surface area (Å²) in [7, 11) is 0. The standard InChI is InChI=1S/C16H12BrN3O/c1-11-19-15-8-3-2-7-14(15)16(21)20(11)18-10-12-5-4-6-13(17)9-12/h2-10H,1H3/b18-10-. The van der Waals surface area contributed by atoms with Crippen LogP contribution in [0, 0.1) is 6.92 Å². The maximum atomic E-state index is 12.4. The van der Waals surface area contributed by atoms with Gasteiger partial charge in [-0.1, -0.05) is 40.2 Å². The lowest BCUT2D eigenvalue weighted by Gasteiger charge is -2.05. The summed E-state index contributed by atoms with van der Waals surface area (Å²) in [5, 5.41) is 4.83. The number of aromatic nitrogens is 2. The first-order valence-electron chi connectivity index (χ1n) is 6.43. The summed E-state index contributed by atoms with van der Waals surface area (Å²) in [6.45, 7) is 1.77. The maximum Gasteiger partial charge on any atom is 0.282 e. The first-order chi connectivity index (χ1) is 10.1. The number of nitrogens with zero attached hydrogens (tertiary/aromatic N) is 3. The number of aryl methyl sites for hydroxylation is 1. The van der Waals surface area contributed by atoms with Crippen molar-refractivity contribution in [1.82, 2.24) is 9.66 Å². The van der Waals surface area contributed by atoms with E-state index in [0.29, 0.717) is 16.7 Å². The number of halogens is 1. The fourth-order valence-electron chi connectivity index (χ4n) is 2.08. The molecule has 3 rings (SSSR count). The van der Waals surface area contributed by atoms with Crippen LogP contribution in [0.5, 0.6) is 0 Å². The van der Waals surface area contributed by atoms with Crippen LogP contribution in [0.15, 0.2) is 62.9 Å². The van der Waals surface area contributed by atoms with Crippen molar-refractivity contribution in [3.05, 3.63) is 74.7 Å². The molecule has 1 heterocycles. The van der Waals surface area contributed by atoms with Crippen LogP contribution in [0.3, 0.4) is 0 Å². The van der Waals surface area contributed by atoms with Gasteiger partial charge in [0.25, 0.3) is 5.56 Å². The predicted octanol–water partition coefficient (Wildman–Crippen LogP) is 3.35. The highest BCUT2D eigenvalue weighted by molar-refractivity contribution is 9.10. The Morgan fingerprint density at radius 3 is 2.81 bits per heavy atom. The van der Waals surface area contributed by atoms with Gasteiger partial charge in [-0.25, -0.2) is 4.98 Å². The molecule has 104 valence electrons. The highest BCUT2D eigenvalue weighted by Crippen LogP contribution is 2.10.